The van der Waals surface area contributed by atoms with Crippen LogP contribution in [0.5, 0.6) is 17.2 Å². The molecule has 162 valence electrons. The molecule has 4 N–H and O–H groups in total. The maximum absolute atomic E-state index is 12.3. The van der Waals surface area contributed by atoms with Gasteiger partial charge in [0.2, 0.25) is 0 Å². The minimum absolute atomic E-state index is 0.0362. The molecule has 0 aliphatic heterocycles. The zero-order valence-corrected chi connectivity index (χ0v) is 17.9. The van der Waals surface area contributed by atoms with Gasteiger partial charge in [-0.1, -0.05) is 24.3 Å². The number of rotatable bonds is 10. The number of nitrogens with two attached hydrogens (primary N) is 1. The Morgan fingerprint density at radius 2 is 1.87 bits per heavy atom. The van der Waals surface area contributed by atoms with E-state index < -0.39 is 5.91 Å². The molecule has 2 aromatic carbocycles. The molecule has 0 spiro atoms. The predicted octanol–water partition coefficient (Wildman–Crippen LogP) is 1.80. The normalized spacial score (nSPS) is 11.3. The van der Waals surface area contributed by atoms with Crippen molar-refractivity contribution in [3.8, 4) is 17.2 Å². The second-order valence-corrected chi connectivity index (χ2v) is 6.91. The number of methoxy groups -OCH3 is 2. The first-order valence-electron chi connectivity index (χ1n) is 9.50. The number of nitrogens with zero attached hydrogens (tertiary/aromatic N) is 2. The molecule has 2 rings (SSSR count). The van der Waals surface area contributed by atoms with Crippen molar-refractivity contribution in [3.05, 3.63) is 59.3 Å². The molecule has 0 bridgehead atoms. The third-order valence-electron chi connectivity index (χ3n) is 4.72. The standard InChI is InChI=1S/C22H30N4O4/c1-25(15-16-7-5-9-18(13-16)29-3)11-12-26(2)19(22(28)24-23)14-17-8-6-10-20(30-4)21(17)27/h5-10,13-14,27H,11-12,15,23H2,1-4H3,(H,24,28)/b19-14+. The lowest BCUT2D eigenvalue weighted by Gasteiger charge is -2.25. The van der Waals surface area contributed by atoms with Gasteiger partial charge in [0, 0.05) is 32.2 Å². The SMILES string of the molecule is COc1cccc(CN(C)CCN(C)/C(=C/c2cccc(OC)c2O)C(=O)NN)c1. The third kappa shape index (κ3) is 6.13. The zero-order valence-electron chi connectivity index (χ0n) is 17.9. The first-order valence-corrected chi connectivity index (χ1v) is 9.50. The maximum atomic E-state index is 12.3. The highest BCUT2D eigenvalue weighted by Gasteiger charge is 2.16. The summed E-state index contributed by atoms with van der Waals surface area (Å²) in [6.07, 6.45) is 1.59. The van der Waals surface area contributed by atoms with Crippen molar-refractivity contribution < 1.29 is 19.4 Å². The van der Waals surface area contributed by atoms with E-state index in [-0.39, 0.29) is 5.75 Å². The lowest BCUT2D eigenvalue weighted by molar-refractivity contribution is -0.118. The van der Waals surface area contributed by atoms with Crippen LogP contribution in [0.2, 0.25) is 0 Å². The monoisotopic (exact) mass is 414 g/mol. The van der Waals surface area contributed by atoms with Gasteiger partial charge >= 0.3 is 0 Å². The van der Waals surface area contributed by atoms with Crippen molar-refractivity contribution in [1.29, 1.82) is 0 Å². The van der Waals surface area contributed by atoms with Crippen molar-refractivity contribution in [3.63, 3.8) is 0 Å². The fourth-order valence-electron chi connectivity index (χ4n) is 2.99. The van der Waals surface area contributed by atoms with Crippen LogP contribution in [-0.2, 0) is 11.3 Å². The number of ether oxygens (including phenoxy) is 2. The summed E-state index contributed by atoms with van der Waals surface area (Å²) in [6, 6.07) is 13.0. The Bertz CT molecular complexity index is 885. The molecule has 0 aromatic heterocycles. The molecular weight excluding hydrogens is 384 g/mol. The Morgan fingerprint density at radius 3 is 2.53 bits per heavy atom. The molecule has 0 atom stereocenters. The highest BCUT2D eigenvalue weighted by Crippen LogP contribution is 2.31. The lowest BCUT2D eigenvalue weighted by atomic mass is 10.1. The van der Waals surface area contributed by atoms with E-state index in [1.165, 1.54) is 7.11 Å². The van der Waals surface area contributed by atoms with Gasteiger partial charge in [-0.3, -0.25) is 10.2 Å². The van der Waals surface area contributed by atoms with Crippen molar-refractivity contribution in [1.82, 2.24) is 15.2 Å². The summed E-state index contributed by atoms with van der Waals surface area (Å²) in [5.74, 6) is 6.03. The molecular formula is C22H30N4O4. The van der Waals surface area contributed by atoms with Gasteiger partial charge in [-0.2, -0.15) is 0 Å². The molecule has 0 heterocycles. The number of amides is 1. The molecule has 0 radical (unpaired) electrons. The number of benzene rings is 2. The highest BCUT2D eigenvalue weighted by molar-refractivity contribution is 5.97. The molecule has 0 aliphatic rings. The largest absolute Gasteiger partial charge is 0.504 e. The van der Waals surface area contributed by atoms with E-state index >= 15 is 0 Å². The highest BCUT2D eigenvalue weighted by atomic mass is 16.5. The van der Waals surface area contributed by atoms with E-state index in [2.05, 4.69) is 10.3 Å². The number of hydrogen-bond acceptors (Lipinski definition) is 7. The first kappa shape index (κ1) is 23.1. The average molecular weight is 415 g/mol. The molecule has 0 fully saturated rings. The number of hydrogen-bond donors (Lipinski definition) is 3. The Hall–Kier alpha value is -3.23. The zero-order chi connectivity index (χ0) is 22.1. The molecule has 1 amide bonds. The van der Waals surface area contributed by atoms with Gasteiger partial charge in [-0.05, 0) is 36.9 Å². The van der Waals surface area contributed by atoms with E-state index in [0.29, 0.717) is 30.1 Å². The van der Waals surface area contributed by atoms with E-state index in [4.69, 9.17) is 15.3 Å². The van der Waals surface area contributed by atoms with Gasteiger partial charge < -0.3 is 24.4 Å². The van der Waals surface area contributed by atoms with Crippen molar-refractivity contribution >= 4 is 12.0 Å². The van der Waals surface area contributed by atoms with Gasteiger partial charge in [-0.25, -0.2) is 5.84 Å². The average Bonchev–Trinajstić information content (AvgIpc) is 2.76. The topological polar surface area (TPSA) is 100 Å². The van der Waals surface area contributed by atoms with Crippen LogP contribution < -0.4 is 20.7 Å². The Labute approximate surface area is 177 Å². The van der Waals surface area contributed by atoms with Crippen LogP contribution in [0, 0.1) is 0 Å². The van der Waals surface area contributed by atoms with Gasteiger partial charge in [0.25, 0.3) is 5.91 Å². The summed E-state index contributed by atoms with van der Waals surface area (Å²) >= 11 is 0. The van der Waals surface area contributed by atoms with E-state index in [0.717, 1.165) is 17.9 Å². The number of phenols is 1. The van der Waals surface area contributed by atoms with E-state index in [1.54, 1.807) is 43.3 Å². The van der Waals surface area contributed by atoms with Crippen LogP contribution in [0.3, 0.4) is 0 Å². The van der Waals surface area contributed by atoms with Crippen molar-refractivity contribution in [2.75, 3.05) is 41.4 Å². The summed E-state index contributed by atoms with van der Waals surface area (Å²) in [5, 5.41) is 10.3. The van der Waals surface area contributed by atoms with E-state index in [9.17, 15) is 9.90 Å². The Morgan fingerprint density at radius 1 is 1.13 bits per heavy atom. The molecule has 0 unspecified atom stereocenters. The van der Waals surface area contributed by atoms with Crippen LogP contribution in [0.1, 0.15) is 11.1 Å². The van der Waals surface area contributed by atoms with Gasteiger partial charge in [0.1, 0.15) is 11.4 Å². The van der Waals surface area contributed by atoms with Crippen LogP contribution in [0.4, 0.5) is 0 Å². The number of phenolic OH excluding ortho intramolecular Hbond substituents is 1. The summed E-state index contributed by atoms with van der Waals surface area (Å²) in [5.41, 5.74) is 4.09. The summed E-state index contributed by atoms with van der Waals surface area (Å²) in [6.45, 7) is 2.02. The molecule has 0 saturated heterocycles. The van der Waals surface area contributed by atoms with Gasteiger partial charge in [0.15, 0.2) is 11.5 Å². The number of hydrazine groups is 1. The smallest absolute Gasteiger partial charge is 0.281 e. The van der Waals surface area contributed by atoms with Crippen LogP contribution in [0.25, 0.3) is 6.08 Å². The number of carbonyl (C=O) groups is 1. The maximum Gasteiger partial charge on any atom is 0.281 e. The first-order chi connectivity index (χ1) is 14.4. The third-order valence-corrected chi connectivity index (χ3v) is 4.72. The number of para-hydroxylation sites is 1. The summed E-state index contributed by atoms with van der Waals surface area (Å²) in [4.78, 5) is 16.3. The molecule has 0 aliphatic carbocycles. The second-order valence-electron chi connectivity index (χ2n) is 6.91. The molecule has 8 nitrogen and oxygen atoms in total. The van der Waals surface area contributed by atoms with Crippen LogP contribution in [0.15, 0.2) is 48.2 Å². The van der Waals surface area contributed by atoms with Gasteiger partial charge in [-0.15, -0.1) is 0 Å². The predicted molar refractivity (Wildman–Crippen MR) is 117 cm³/mol. The number of aromatic hydroxyl groups is 1. The quantitative estimate of drug-likeness (QED) is 0.236. The Kier molecular flexibility index (Phi) is 8.52. The fraction of sp³-hybridized carbons (Fsp3) is 0.318. The molecule has 8 heteroatoms. The summed E-state index contributed by atoms with van der Waals surface area (Å²) < 4.78 is 10.4. The summed E-state index contributed by atoms with van der Waals surface area (Å²) in [7, 11) is 6.93. The molecule has 0 saturated carbocycles. The number of carbonyl (C=O) groups excluding carboxylic acids is 1. The number of likely N-dealkylation sites (N-methyl/N-ethyl adjacent to an activating group) is 2. The molecule has 30 heavy (non-hydrogen) atoms. The minimum Gasteiger partial charge on any atom is -0.504 e. The fourth-order valence-corrected chi connectivity index (χ4v) is 2.99. The second kappa shape index (κ2) is 11.1. The van der Waals surface area contributed by atoms with Crippen LogP contribution >= 0.6 is 0 Å². The van der Waals surface area contributed by atoms with Gasteiger partial charge in [0.05, 0.1) is 14.2 Å². The number of nitrogens with one attached hydrogen (secondary N) is 1. The van der Waals surface area contributed by atoms with E-state index in [1.807, 2.05) is 31.3 Å². The van der Waals surface area contributed by atoms with Crippen molar-refractivity contribution in [2.45, 2.75) is 6.54 Å². The minimum atomic E-state index is -0.449. The Balaban J connectivity index is 2.10. The van der Waals surface area contributed by atoms with Crippen LogP contribution in [-0.4, -0.2) is 62.2 Å². The molecule has 2 aromatic rings. The van der Waals surface area contributed by atoms with Crippen molar-refractivity contribution in [2.24, 2.45) is 5.84 Å². The lowest BCUT2D eigenvalue weighted by Crippen LogP contribution is -2.39.